The van der Waals surface area contributed by atoms with E-state index in [2.05, 4.69) is 40.6 Å². The van der Waals surface area contributed by atoms with Gasteiger partial charge in [0.25, 0.3) is 0 Å². The molecule has 1 aliphatic rings. The first kappa shape index (κ1) is 14.0. The summed E-state index contributed by atoms with van der Waals surface area (Å²) in [7, 11) is 0. The molecule has 3 aromatic rings. The highest BCUT2D eigenvalue weighted by molar-refractivity contribution is 5.87. The Bertz CT molecular complexity index is 880. The van der Waals surface area contributed by atoms with Crippen molar-refractivity contribution < 1.29 is 9.90 Å². The Labute approximate surface area is 134 Å². The van der Waals surface area contributed by atoms with Crippen LogP contribution in [0, 0.1) is 6.92 Å². The minimum atomic E-state index is -0.807. The predicted octanol–water partition coefficient (Wildman–Crippen LogP) is 3.16. The number of carboxylic acids is 1. The molecule has 2 heterocycles. The van der Waals surface area contributed by atoms with Gasteiger partial charge in [0.2, 0.25) is 0 Å². The van der Waals surface area contributed by atoms with E-state index in [9.17, 15) is 9.90 Å². The Hall–Kier alpha value is -2.59. The minimum absolute atomic E-state index is 0.132. The number of aromatic nitrogens is 1. The van der Waals surface area contributed by atoms with E-state index in [1.54, 1.807) is 0 Å². The molecule has 2 aromatic carbocycles. The summed E-state index contributed by atoms with van der Waals surface area (Å²) in [6.07, 6.45) is 0.497. The molecule has 4 heteroatoms. The maximum atomic E-state index is 11.6. The molecule has 0 unspecified atom stereocenters. The Balaban J connectivity index is 1.89. The summed E-state index contributed by atoms with van der Waals surface area (Å²) < 4.78 is 0. The quantitative estimate of drug-likeness (QED) is 0.681. The van der Waals surface area contributed by atoms with E-state index in [-0.39, 0.29) is 6.04 Å². The normalized spacial score (nSPS) is 20.4. The van der Waals surface area contributed by atoms with Crippen molar-refractivity contribution in [3.8, 4) is 0 Å². The number of nitrogens with one attached hydrogen (secondary N) is 2. The zero-order valence-corrected chi connectivity index (χ0v) is 12.8. The third-order valence-corrected chi connectivity index (χ3v) is 4.62. The summed E-state index contributed by atoms with van der Waals surface area (Å²) in [6, 6.07) is 15.6. The molecule has 116 valence electrons. The van der Waals surface area contributed by atoms with Gasteiger partial charge in [0.05, 0.1) is 6.04 Å². The molecule has 0 radical (unpaired) electrons. The van der Waals surface area contributed by atoms with Gasteiger partial charge in [-0.1, -0.05) is 48.0 Å². The van der Waals surface area contributed by atoms with Crippen LogP contribution in [0.4, 0.5) is 0 Å². The summed E-state index contributed by atoms with van der Waals surface area (Å²) >= 11 is 0. The maximum absolute atomic E-state index is 11.6. The highest BCUT2D eigenvalue weighted by Gasteiger charge is 2.33. The van der Waals surface area contributed by atoms with Gasteiger partial charge in [-0.25, -0.2) is 0 Å². The maximum Gasteiger partial charge on any atom is 0.321 e. The number of rotatable bonds is 2. The lowest BCUT2D eigenvalue weighted by Crippen LogP contribution is -2.44. The lowest BCUT2D eigenvalue weighted by Gasteiger charge is -2.29. The molecule has 1 aromatic heterocycles. The van der Waals surface area contributed by atoms with Crippen LogP contribution in [-0.4, -0.2) is 22.1 Å². The third-order valence-electron chi connectivity index (χ3n) is 4.62. The van der Waals surface area contributed by atoms with E-state index in [0.29, 0.717) is 6.42 Å². The molecule has 4 nitrogen and oxygen atoms in total. The fourth-order valence-electron chi connectivity index (χ4n) is 3.42. The zero-order valence-electron chi connectivity index (χ0n) is 12.8. The van der Waals surface area contributed by atoms with Gasteiger partial charge in [-0.05, 0) is 24.1 Å². The van der Waals surface area contributed by atoms with Crippen LogP contribution in [0.2, 0.25) is 0 Å². The van der Waals surface area contributed by atoms with Gasteiger partial charge in [0.15, 0.2) is 0 Å². The second-order valence-corrected chi connectivity index (χ2v) is 6.17. The number of hydrogen-bond donors (Lipinski definition) is 3. The molecule has 23 heavy (non-hydrogen) atoms. The fourth-order valence-corrected chi connectivity index (χ4v) is 3.42. The number of aryl methyl sites for hydroxylation is 1. The van der Waals surface area contributed by atoms with Gasteiger partial charge in [-0.15, -0.1) is 0 Å². The number of fused-ring (bicyclic) bond motifs is 3. The Morgan fingerprint density at radius 2 is 1.87 bits per heavy atom. The first-order chi connectivity index (χ1) is 11.1. The molecule has 0 bridgehead atoms. The molecule has 0 fully saturated rings. The molecule has 2 atom stereocenters. The first-order valence-corrected chi connectivity index (χ1v) is 7.78. The molecule has 3 N–H and O–H groups in total. The number of aliphatic carboxylic acids is 1. The van der Waals surface area contributed by atoms with Crippen molar-refractivity contribution in [1.82, 2.24) is 10.3 Å². The van der Waals surface area contributed by atoms with Crippen molar-refractivity contribution in [2.24, 2.45) is 0 Å². The number of hydrogen-bond acceptors (Lipinski definition) is 2. The van der Waals surface area contributed by atoms with Crippen molar-refractivity contribution >= 4 is 16.9 Å². The van der Waals surface area contributed by atoms with Crippen molar-refractivity contribution in [3.05, 3.63) is 70.9 Å². The van der Waals surface area contributed by atoms with Gasteiger partial charge in [-0.2, -0.15) is 0 Å². The molecule has 0 saturated carbocycles. The van der Waals surface area contributed by atoms with Crippen molar-refractivity contribution in [2.45, 2.75) is 25.4 Å². The van der Waals surface area contributed by atoms with Crippen molar-refractivity contribution in [3.63, 3.8) is 0 Å². The lowest BCUT2D eigenvalue weighted by molar-refractivity contribution is -0.139. The smallest absolute Gasteiger partial charge is 0.321 e. The van der Waals surface area contributed by atoms with E-state index in [1.807, 2.05) is 25.1 Å². The van der Waals surface area contributed by atoms with E-state index >= 15 is 0 Å². The van der Waals surface area contributed by atoms with Gasteiger partial charge in [0, 0.05) is 23.0 Å². The summed E-state index contributed by atoms with van der Waals surface area (Å²) in [5, 5.41) is 13.9. The van der Waals surface area contributed by atoms with Gasteiger partial charge in [0.1, 0.15) is 6.04 Å². The standard InChI is InChI=1S/C19H18N2O2/c1-11-6-8-12(9-7-11)17-18-14(10-16(21-17)19(22)23)13-4-2-3-5-15(13)20-18/h2-9,16-17,20-21H,10H2,1H3,(H,22,23)/t16-,17-/m1/s1. The van der Waals surface area contributed by atoms with E-state index < -0.39 is 12.0 Å². The molecule has 0 saturated heterocycles. The van der Waals surface area contributed by atoms with Gasteiger partial charge in [-0.3, -0.25) is 10.1 Å². The second kappa shape index (κ2) is 5.25. The summed E-state index contributed by atoms with van der Waals surface area (Å²) in [5.74, 6) is -0.807. The predicted molar refractivity (Wildman–Crippen MR) is 89.6 cm³/mol. The van der Waals surface area contributed by atoms with Crippen LogP contribution >= 0.6 is 0 Å². The van der Waals surface area contributed by atoms with Crippen LogP contribution < -0.4 is 5.32 Å². The van der Waals surface area contributed by atoms with E-state index in [1.165, 1.54) is 5.56 Å². The molecule has 0 amide bonds. The summed E-state index contributed by atoms with van der Waals surface area (Å²) in [6.45, 7) is 2.05. The average molecular weight is 306 g/mol. The molecular formula is C19H18N2O2. The van der Waals surface area contributed by atoms with Crippen molar-refractivity contribution in [2.75, 3.05) is 0 Å². The zero-order chi connectivity index (χ0) is 16.0. The fraction of sp³-hybridized carbons (Fsp3) is 0.211. The number of aromatic amines is 1. The third kappa shape index (κ3) is 2.32. The lowest BCUT2D eigenvalue weighted by atomic mass is 9.90. The molecular weight excluding hydrogens is 288 g/mol. The first-order valence-electron chi connectivity index (χ1n) is 7.78. The largest absolute Gasteiger partial charge is 0.480 e. The van der Waals surface area contributed by atoms with E-state index in [0.717, 1.165) is 27.7 Å². The number of para-hydroxylation sites is 1. The van der Waals surface area contributed by atoms with Crippen molar-refractivity contribution in [1.29, 1.82) is 0 Å². The van der Waals surface area contributed by atoms with Crippen LogP contribution in [0.3, 0.4) is 0 Å². The van der Waals surface area contributed by atoms with Gasteiger partial charge < -0.3 is 10.1 Å². The van der Waals surface area contributed by atoms with E-state index in [4.69, 9.17) is 0 Å². The number of benzene rings is 2. The highest BCUT2D eigenvalue weighted by atomic mass is 16.4. The highest BCUT2D eigenvalue weighted by Crippen LogP contribution is 2.35. The Morgan fingerprint density at radius 3 is 2.61 bits per heavy atom. The number of H-pyrrole nitrogens is 1. The Kier molecular flexibility index (Phi) is 3.20. The summed E-state index contributed by atoms with van der Waals surface area (Å²) in [5.41, 5.74) is 5.51. The molecule has 4 rings (SSSR count). The SMILES string of the molecule is Cc1ccc([C@H]2N[C@@H](C(=O)O)Cc3c2[nH]c2ccccc32)cc1. The average Bonchev–Trinajstić information content (AvgIpc) is 2.93. The number of carboxylic acid groups (broad SMARTS) is 1. The van der Waals surface area contributed by atoms with Crippen LogP contribution in [0.1, 0.15) is 28.4 Å². The number of carbonyl (C=O) groups is 1. The van der Waals surface area contributed by atoms with Crippen LogP contribution in [0.25, 0.3) is 10.9 Å². The van der Waals surface area contributed by atoms with Crippen LogP contribution in [0.15, 0.2) is 48.5 Å². The topological polar surface area (TPSA) is 65.1 Å². The molecule has 0 spiro atoms. The molecule has 1 aliphatic heterocycles. The molecule has 0 aliphatic carbocycles. The monoisotopic (exact) mass is 306 g/mol. The van der Waals surface area contributed by atoms with Gasteiger partial charge >= 0.3 is 5.97 Å². The Morgan fingerprint density at radius 1 is 1.13 bits per heavy atom. The summed E-state index contributed by atoms with van der Waals surface area (Å²) in [4.78, 5) is 15.1. The second-order valence-electron chi connectivity index (χ2n) is 6.17. The van der Waals surface area contributed by atoms with Crippen LogP contribution in [-0.2, 0) is 11.2 Å². The van der Waals surface area contributed by atoms with Crippen LogP contribution in [0.5, 0.6) is 0 Å². The minimum Gasteiger partial charge on any atom is -0.480 e.